The molecule has 33 heavy (non-hydrogen) atoms. The molecular weight excluding hydrogens is 418 g/mol. The van der Waals surface area contributed by atoms with Crippen LogP contribution in [-0.2, 0) is 19.7 Å². The lowest BCUT2D eigenvalue weighted by Gasteiger charge is -2.43. The molecule has 5 rings (SSSR count). The van der Waals surface area contributed by atoms with Gasteiger partial charge in [-0.2, -0.15) is 4.98 Å². The minimum Gasteiger partial charge on any atom is -0.381 e. The topological polar surface area (TPSA) is 71.0 Å². The third kappa shape index (κ3) is 4.54. The molecule has 0 aliphatic carbocycles. The van der Waals surface area contributed by atoms with E-state index in [0.717, 1.165) is 75.3 Å². The molecule has 0 unspecified atom stereocenters. The van der Waals surface area contributed by atoms with E-state index in [1.807, 2.05) is 36.1 Å². The molecule has 0 atom stereocenters. The zero-order valence-corrected chi connectivity index (χ0v) is 19.4. The summed E-state index contributed by atoms with van der Waals surface area (Å²) in [6.07, 6.45) is 1.47. The van der Waals surface area contributed by atoms with Gasteiger partial charge in [-0.15, -0.1) is 0 Å². The Morgan fingerprint density at radius 2 is 1.52 bits per heavy atom. The molecule has 2 aromatic rings. The summed E-state index contributed by atoms with van der Waals surface area (Å²) in [6.45, 7) is 9.26. The van der Waals surface area contributed by atoms with Crippen molar-refractivity contribution in [2.24, 2.45) is 0 Å². The van der Waals surface area contributed by atoms with Gasteiger partial charge in [0.2, 0.25) is 11.9 Å². The van der Waals surface area contributed by atoms with E-state index in [1.54, 1.807) is 0 Å². The predicted molar refractivity (Wildman–Crippen MR) is 127 cm³/mol. The Bertz CT molecular complexity index is 950. The van der Waals surface area contributed by atoms with Crippen LogP contribution >= 0.6 is 0 Å². The predicted octanol–water partition coefficient (Wildman–Crippen LogP) is 2.02. The van der Waals surface area contributed by atoms with Crippen LogP contribution in [0.25, 0.3) is 0 Å². The zero-order chi connectivity index (χ0) is 22.7. The second-order valence-corrected chi connectivity index (χ2v) is 9.11. The Balaban J connectivity index is 1.30. The molecule has 0 saturated carbocycles. The summed E-state index contributed by atoms with van der Waals surface area (Å²) in [5, 5.41) is 0. The average Bonchev–Trinajstić information content (AvgIpc) is 2.89. The molecule has 4 heterocycles. The number of carbonyl (C=O) groups is 1. The van der Waals surface area contributed by atoms with Crippen LogP contribution in [0.3, 0.4) is 0 Å². The molecule has 1 amide bonds. The number of aromatic nitrogens is 2. The number of rotatable bonds is 4. The highest BCUT2D eigenvalue weighted by Gasteiger charge is 2.44. The van der Waals surface area contributed by atoms with E-state index in [4.69, 9.17) is 19.4 Å². The van der Waals surface area contributed by atoms with Crippen LogP contribution in [0, 0.1) is 6.92 Å². The Kier molecular flexibility index (Phi) is 6.46. The standard InChI is InChI=1S/C25H33N5O3/c1-20-19-22(28-13-17-33-18-14-28)27-24(26-20)30-11-9-29(10-12-30)23(31)25(7-15-32-16-8-25)21-5-3-2-4-6-21/h2-6,19H,7-18H2,1H3. The van der Waals surface area contributed by atoms with E-state index in [-0.39, 0.29) is 5.91 Å². The summed E-state index contributed by atoms with van der Waals surface area (Å²) in [5.74, 6) is 1.95. The Morgan fingerprint density at radius 1 is 0.848 bits per heavy atom. The van der Waals surface area contributed by atoms with E-state index in [1.165, 1.54) is 0 Å². The summed E-state index contributed by atoms with van der Waals surface area (Å²) < 4.78 is 11.1. The van der Waals surface area contributed by atoms with E-state index < -0.39 is 5.41 Å². The second kappa shape index (κ2) is 9.65. The highest BCUT2D eigenvalue weighted by Crippen LogP contribution is 2.37. The van der Waals surface area contributed by atoms with Crippen molar-refractivity contribution in [3.63, 3.8) is 0 Å². The van der Waals surface area contributed by atoms with Crippen molar-refractivity contribution < 1.29 is 14.3 Å². The van der Waals surface area contributed by atoms with E-state index in [0.29, 0.717) is 26.3 Å². The lowest BCUT2D eigenvalue weighted by Crippen LogP contribution is -2.56. The van der Waals surface area contributed by atoms with Gasteiger partial charge in [0.15, 0.2) is 0 Å². The lowest BCUT2D eigenvalue weighted by atomic mass is 9.73. The Hall–Kier alpha value is -2.71. The number of carbonyl (C=O) groups excluding carboxylic acids is 1. The minimum absolute atomic E-state index is 0.232. The number of amides is 1. The molecule has 1 aromatic carbocycles. The van der Waals surface area contributed by atoms with Crippen molar-refractivity contribution >= 4 is 17.7 Å². The molecule has 8 nitrogen and oxygen atoms in total. The van der Waals surface area contributed by atoms with Gasteiger partial charge in [0.05, 0.1) is 18.6 Å². The van der Waals surface area contributed by atoms with Crippen molar-refractivity contribution in [2.75, 3.05) is 75.5 Å². The number of nitrogens with zero attached hydrogens (tertiary/aromatic N) is 5. The first-order valence-electron chi connectivity index (χ1n) is 12.0. The number of aryl methyl sites for hydroxylation is 1. The van der Waals surface area contributed by atoms with Crippen LogP contribution in [0.4, 0.5) is 11.8 Å². The van der Waals surface area contributed by atoms with Gasteiger partial charge in [-0.25, -0.2) is 4.98 Å². The highest BCUT2D eigenvalue weighted by atomic mass is 16.5. The number of ether oxygens (including phenoxy) is 2. The molecule has 3 saturated heterocycles. The molecule has 0 spiro atoms. The zero-order valence-electron chi connectivity index (χ0n) is 19.4. The fourth-order valence-corrected chi connectivity index (χ4v) is 5.15. The number of anilines is 2. The van der Waals surface area contributed by atoms with Crippen LogP contribution in [-0.4, -0.2) is 86.5 Å². The number of morpholine rings is 1. The van der Waals surface area contributed by atoms with Gasteiger partial charge in [-0.05, 0) is 25.3 Å². The first-order chi connectivity index (χ1) is 16.2. The van der Waals surface area contributed by atoms with Gasteiger partial charge >= 0.3 is 0 Å². The van der Waals surface area contributed by atoms with Gasteiger partial charge in [0, 0.05) is 64.2 Å². The van der Waals surface area contributed by atoms with Crippen LogP contribution < -0.4 is 9.80 Å². The normalized spacial score (nSPS) is 21.2. The summed E-state index contributed by atoms with van der Waals surface area (Å²) in [7, 11) is 0. The van der Waals surface area contributed by atoms with Crippen LogP contribution in [0.1, 0.15) is 24.1 Å². The van der Waals surface area contributed by atoms with Crippen molar-refractivity contribution in [3.8, 4) is 0 Å². The monoisotopic (exact) mass is 451 g/mol. The molecule has 0 bridgehead atoms. The van der Waals surface area contributed by atoms with Gasteiger partial charge in [0.25, 0.3) is 0 Å². The molecule has 3 fully saturated rings. The smallest absolute Gasteiger partial charge is 0.233 e. The van der Waals surface area contributed by atoms with E-state index in [2.05, 4.69) is 21.9 Å². The first kappa shape index (κ1) is 22.1. The summed E-state index contributed by atoms with van der Waals surface area (Å²) in [5.41, 5.74) is 1.59. The Labute approximate surface area is 195 Å². The molecule has 176 valence electrons. The molecule has 1 aromatic heterocycles. The largest absolute Gasteiger partial charge is 0.381 e. The minimum atomic E-state index is -0.481. The van der Waals surface area contributed by atoms with E-state index in [9.17, 15) is 4.79 Å². The van der Waals surface area contributed by atoms with Crippen LogP contribution in [0.15, 0.2) is 36.4 Å². The van der Waals surface area contributed by atoms with Gasteiger partial charge < -0.3 is 24.2 Å². The molecule has 3 aliphatic rings. The maximum atomic E-state index is 13.8. The Morgan fingerprint density at radius 3 is 2.21 bits per heavy atom. The molecule has 3 aliphatic heterocycles. The molecule has 0 radical (unpaired) electrons. The number of piperazine rings is 1. The molecular formula is C25H33N5O3. The SMILES string of the molecule is Cc1cc(N2CCOCC2)nc(N2CCN(C(=O)C3(c4ccccc4)CCOCC3)CC2)n1. The fraction of sp³-hybridized carbons (Fsp3) is 0.560. The van der Waals surface area contributed by atoms with Gasteiger partial charge in [-0.3, -0.25) is 4.79 Å². The molecule has 8 heteroatoms. The van der Waals surface area contributed by atoms with Gasteiger partial charge in [-0.1, -0.05) is 30.3 Å². The fourth-order valence-electron chi connectivity index (χ4n) is 5.15. The maximum Gasteiger partial charge on any atom is 0.233 e. The molecule has 0 N–H and O–H groups in total. The number of hydrogen-bond donors (Lipinski definition) is 0. The quantitative estimate of drug-likeness (QED) is 0.704. The van der Waals surface area contributed by atoms with Crippen molar-refractivity contribution in [1.82, 2.24) is 14.9 Å². The number of benzene rings is 1. The van der Waals surface area contributed by atoms with E-state index >= 15 is 0 Å². The van der Waals surface area contributed by atoms with Crippen molar-refractivity contribution in [2.45, 2.75) is 25.2 Å². The van der Waals surface area contributed by atoms with Crippen LogP contribution in [0.2, 0.25) is 0 Å². The third-order valence-electron chi connectivity index (χ3n) is 7.10. The average molecular weight is 452 g/mol. The first-order valence-corrected chi connectivity index (χ1v) is 12.0. The third-order valence-corrected chi connectivity index (χ3v) is 7.10. The van der Waals surface area contributed by atoms with Gasteiger partial charge in [0.1, 0.15) is 5.82 Å². The van der Waals surface area contributed by atoms with Crippen molar-refractivity contribution in [3.05, 3.63) is 47.7 Å². The maximum absolute atomic E-state index is 13.8. The van der Waals surface area contributed by atoms with Crippen LogP contribution in [0.5, 0.6) is 0 Å². The highest BCUT2D eigenvalue weighted by molar-refractivity contribution is 5.88. The summed E-state index contributed by atoms with van der Waals surface area (Å²) >= 11 is 0. The lowest BCUT2D eigenvalue weighted by molar-refractivity contribution is -0.141. The second-order valence-electron chi connectivity index (χ2n) is 9.11. The summed E-state index contributed by atoms with van der Waals surface area (Å²) in [6, 6.07) is 12.3. The van der Waals surface area contributed by atoms with Crippen molar-refractivity contribution in [1.29, 1.82) is 0 Å². The summed E-state index contributed by atoms with van der Waals surface area (Å²) in [4.78, 5) is 29.9. The number of hydrogen-bond acceptors (Lipinski definition) is 7.